The van der Waals surface area contributed by atoms with Gasteiger partial charge < -0.3 is 13.9 Å². The number of hydrogen-bond donors (Lipinski definition) is 0. The Bertz CT molecular complexity index is 1120. The lowest BCUT2D eigenvalue weighted by Gasteiger charge is -2.35. The summed E-state index contributed by atoms with van der Waals surface area (Å²) < 4.78 is 17.0. The molecule has 3 aromatic rings. The van der Waals surface area contributed by atoms with Crippen molar-refractivity contribution < 1.29 is 18.7 Å². The van der Waals surface area contributed by atoms with E-state index in [2.05, 4.69) is 36.9 Å². The summed E-state index contributed by atoms with van der Waals surface area (Å²) in [6, 6.07) is 16.2. The van der Waals surface area contributed by atoms with Gasteiger partial charge in [-0.3, -0.25) is 9.69 Å². The number of esters is 1. The molecule has 0 bridgehead atoms. The highest BCUT2D eigenvalue weighted by Gasteiger charge is 2.46. The van der Waals surface area contributed by atoms with Crippen molar-refractivity contribution in [1.29, 1.82) is 0 Å². The van der Waals surface area contributed by atoms with Crippen LogP contribution in [0.5, 0.6) is 5.75 Å². The van der Waals surface area contributed by atoms with Crippen LogP contribution in [-0.4, -0.2) is 41.7 Å². The van der Waals surface area contributed by atoms with Gasteiger partial charge in [-0.1, -0.05) is 37.3 Å². The van der Waals surface area contributed by atoms with Crippen LogP contribution in [-0.2, 0) is 22.5 Å². The largest absolute Gasteiger partial charge is 0.493 e. The average Bonchev–Trinajstić information content (AvgIpc) is 3.43. The Morgan fingerprint density at radius 2 is 1.91 bits per heavy atom. The zero-order valence-corrected chi connectivity index (χ0v) is 20.6. The molecule has 2 aromatic carbocycles. The van der Waals surface area contributed by atoms with Crippen molar-refractivity contribution >= 4 is 5.97 Å². The predicted molar refractivity (Wildman–Crippen MR) is 132 cm³/mol. The molecular formula is C28H34N2O4. The minimum Gasteiger partial charge on any atom is -0.493 e. The molecule has 1 aliphatic heterocycles. The molecule has 0 saturated carbocycles. The molecule has 0 radical (unpaired) electrons. The Kier molecular flexibility index (Phi) is 7.37. The van der Waals surface area contributed by atoms with Crippen molar-refractivity contribution in [2.24, 2.45) is 0 Å². The molecule has 6 nitrogen and oxygen atoms in total. The number of nitrogens with zero attached hydrogens (tertiary/aromatic N) is 2. The number of likely N-dealkylation sites (tertiary alicyclic amines) is 1. The van der Waals surface area contributed by atoms with Gasteiger partial charge in [0.2, 0.25) is 5.89 Å². The molecule has 0 spiro atoms. The van der Waals surface area contributed by atoms with Crippen LogP contribution in [0, 0.1) is 13.8 Å². The fourth-order valence-corrected chi connectivity index (χ4v) is 4.90. The molecule has 180 valence electrons. The first-order chi connectivity index (χ1) is 16.5. The van der Waals surface area contributed by atoms with Crippen molar-refractivity contribution in [2.45, 2.75) is 58.5 Å². The van der Waals surface area contributed by atoms with E-state index < -0.39 is 5.54 Å². The molecule has 34 heavy (non-hydrogen) atoms. The van der Waals surface area contributed by atoms with E-state index in [1.807, 2.05) is 37.3 Å². The lowest BCUT2D eigenvalue weighted by molar-refractivity contribution is -0.154. The number of hydrogen-bond acceptors (Lipinski definition) is 6. The van der Waals surface area contributed by atoms with Gasteiger partial charge in [0.15, 0.2) is 0 Å². The van der Waals surface area contributed by atoms with Gasteiger partial charge in [0.1, 0.15) is 17.0 Å². The van der Waals surface area contributed by atoms with Gasteiger partial charge >= 0.3 is 5.97 Å². The molecule has 0 aliphatic carbocycles. The maximum atomic E-state index is 12.5. The summed E-state index contributed by atoms with van der Waals surface area (Å²) in [7, 11) is 1.48. The molecule has 4 rings (SSSR count). The topological polar surface area (TPSA) is 64.8 Å². The first-order valence-electron chi connectivity index (χ1n) is 12.0. The molecule has 2 heterocycles. The van der Waals surface area contributed by atoms with Crippen molar-refractivity contribution in [3.63, 3.8) is 0 Å². The van der Waals surface area contributed by atoms with E-state index in [0.717, 1.165) is 66.2 Å². The summed E-state index contributed by atoms with van der Waals surface area (Å²) >= 11 is 0. The van der Waals surface area contributed by atoms with E-state index in [1.54, 1.807) is 0 Å². The lowest BCUT2D eigenvalue weighted by atomic mass is 9.92. The SMILES string of the molecule is CCC1(C(=O)OC)CCCN1Cc1ccc(OCCc2nc(-c3ccccc3C)oc2C)cc1. The van der Waals surface area contributed by atoms with E-state index in [9.17, 15) is 4.79 Å². The standard InChI is InChI=1S/C28H34N2O4/c1-5-28(27(31)32-4)16-8-17-30(28)19-22-11-13-23(14-12-22)33-18-15-25-21(3)34-26(29-25)24-10-7-6-9-20(24)2/h6-7,9-14H,5,8,15-19H2,1-4H3. The van der Waals surface area contributed by atoms with Crippen molar-refractivity contribution in [3.05, 3.63) is 71.1 Å². The Morgan fingerprint density at radius 3 is 2.62 bits per heavy atom. The fourth-order valence-electron chi connectivity index (χ4n) is 4.90. The zero-order chi connectivity index (χ0) is 24.1. The van der Waals surface area contributed by atoms with Crippen LogP contribution >= 0.6 is 0 Å². The minimum atomic E-state index is -0.503. The summed E-state index contributed by atoms with van der Waals surface area (Å²) in [4.78, 5) is 19.4. The minimum absolute atomic E-state index is 0.124. The van der Waals surface area contributed by atoms with E-state index >= 15 is 0 Å². The summed E-state index contributed by atoms with van der Waals surface area (Å²) in [5, 5.41) is 0. The molecular weight excluding hydrogens is 428 g/mol. The van der Waals surface area contributed by atoms with Gasteiger partial charge in [0, 0.05) is 18.5 Å². The van der Waals surface area contributed by atoms with Crippen molar-refractivity contribution in [2.75, 3.05) is 20.3 Å². The molecule has 1 saturated heterocycles. The van der Waals surface area contributed by atoms with Crippen LogP contribution < -0.4 is 4.74 Å². The third kappa shape index (κ3) is 4.87. The third-order valence-electron chi connectivity index (χ3n) is 6.95. The van der Waals surface area contributed by atoms with Crippen LogP contribution in [0.15, 0.2) is 52.9 Å². The van der Waals surface area contributed by atoms with Crippen LogP contribution in [0.4, 0.5) is 0 Å². The quantitative estimate of drug-likeness (QED) is 0.392. The normalized spacial score (nSPS) is 18.2. The molecule has 1 aliphatic rings. The van der Waals surface area contributed by atoms with Gasteiger partial charge in [-0.15, -0.1) is 0 Å². The number of carbonyl (C=O) groups excluding carboxylic acids is 1. The number of carbonyl (C=O) groups is 1. The number of ether oxygens (including phenoxy) is 2. The number of methoxy groups -OCH3 is 1. The van der Waals surface area contributed by atoms with E-state index in [0.29, 0.717) is 18.9 Å². The molecule has 1 aromatic heterocycles. The maximum Gasteiger partial charge on any atom is 0.326 e. The van der Waals surface area contributed by atoms with Crippen LogP contribution in [0.3, 0.4) is 0 Å². The van der Waals surface area contributed by atoms with Crippen LogP contribution in [0.1, 0.15) is 48.8 Å². The Balaban J connectivity index is 1.34. The highest BCUT2D eigenvalue weighted by molar-refractivity contribution is 5.81. The number of rotatable bonds is 9. The summed E-state index contributed by atoms with van der Waals surface area (Å²) in [6.07, 6.45) is 3.30. The third-order valence-corrected chi connectivity index (χ3v) is 6.95. The monoisotopic (exact) mass is 462 g/mol. The first kappa shape index (κ1) is 24.0. The average molecular weight is 463 g/mol. The Labute approximate surface area is 201 Å². The lowest BCUT2D eigenvalue weighted by Crippen LogP contribution is -2.50. The molecule has 1 atom stereocenters. The molecule has 1 unspecified atom stereocenters. The first-order valence-corrected chi connectivity index (χ1v) is 12.0. The summed E-state index contributed by atoms with van der Waals surface area (Å²) in [5.41, 5.74) is 3.74. The fraction of sp³-hybridized carbons (Fsp3) is 0.429. The second-order valence-electron chi connectivity index (χ2n) is 8.98. The molecule has 0 amide bonds. The van der Waals surface area contributed by atoms with E-state index in [4.69, 9.17) is 18.9 Å². The molecule has 1 fully saturated rings. The summed E-state index contributed by atoms with van der Waals surface area (Å²) in [6.45, 7) is 8.22. The Hall–Kier alpha value is -3.12. The van der Waals surface area contributed by atoms with E-state index in [1.165, 1.54) is 7.11 Å². The Morgan fingerprint density at radius 1 is 1.15 bits per heavy atom. The molecule has 6 heteroatoms. The second-order valence-corrected chi connectivity index (χ2v) is 8.98. The second kappa shape index (κ2) is 10.4. The van der Waals surface area contributed by atoms with Crippen molar-refractivity contribution in [1.82, 2.24) is 9.88 Å². The van der Waals surface area contributed by atoms with Gasteiger partial charge in [0.25, 0.3) is 0 Å². The van der Waals surface area contributed by atoms with Gasteiger partial charge in [-0.25, -0.2) is 4.98 Å². The van der Waals surface area contributed by atoms with E-state index in [-0.39, 0.29) is 5.97 Å². The van der Waals surface area contributed by atoms with Gasteiger partial charge in [0.05, 0.1) is 19.4 Å². The zero-order valence-electron chi connectivity index (χ0n) is 20.6. The summed E-state index contributed by atoms with van der Waals surface area (Å²) in [5.74, 6) is 2.18. The van der Waals surface area contributed by atoms with Crippen LogP contribution in [0.25, 0.3) is 11.5 Å². The predicted octanol–water partition coefficient (Wildman–Crippen LogP) is 5.50. The van der Waals surface area contributed by atoms with Crippen LogP contribution in [0.2, 0.25) is 0 Å². The maximum absolute atomic E-state index is 12.5. The highest BCUT2D eigenvalue weighted by atomic mass is 16.5. The number of aryl methyl sites for hydroxylation is 2. The van der Waals surface area contributed by atoms with Gasteiger partial charge in [-0.05, 0) is 69.0 Å². The number of oxazole rings is 1. The number of benzene rings is 2. The highest BCUT2D eigenvalue weighted by Crippen LogP contribution is 2.35. The van der Waals surface area contributed by atoms with Crippen molar-refractivity contribution in [3.8, 4) is 17.2 Å². The number of aromatic nitrogens is 1. The smallest absolute Gasteiger partial charge is 0.326 e. The van der Waals surface area contributed by atoms with Gasteiger partial charge in [-0.2, -0.15) is 0 Å². The molecule has 0 N–H and O–H groups in total.